The second kappa shape index (κ2) is 4.56. The van der Waals surface area contributed by atoms with Gasteiger partial charge < -0.3 is 5.32 Å². The third-order valence-electron chi connectivity index (χ3n) is 2.95. The second-order valence-electron chi connectivity index (χ2n) is 3.87. The van der Waals surface area contributed by atoms with E-state index in [1.807, 2.05) is 0 Å². The quantitative estimate of drug-likeness (QED) is 0.864. The molecule has 0 bridgehead atoms. The monoisotopic (exact) mass is 242 g/mol. The molecule has 2 nitrogen and oxygen atoms in total. The number of carbonyl (C=O) groups excluding carboxylic acids is 1. The van der Waals surface area contributed by atoms with Crippen molar-refractivity contribution in [1.82, 2.24) is 5.32 Å². The molecule has 0 radical (unpaired) electrons. The van der Waals surface area contributed by atoms with Crippen molar-refractivity contribution in [3.05, 3.63) is 34.9 Å². The molecule has 1 aromatic carbocycles. The lowest BCUT2D eigenvalue weighted by Crippen LogP contribution is -2.49. The van der Waals surface area contributed by atoms with Crippen LogP contribution in [-0.4, -0.2) is 12.8 Å². The van der Waals surface area contributed by atoms with Crippen molar-refractivity contribution in [3.8, 4) is 0 Å². The van der Waals surface area contributed by atoms with E-state index in [1.54, 1.807) is 24.3 Å². The van der Waals surface area contributed by atoms with Gasteiger partial charge in [-0.2, -0.15) is 0 Å². The predicted octanol–water partition coefficient (Wildman–Crippen LogP) is 2.90. The molecule has 0 unspecified atom stereocenters. The van der Waals surface area contributed by atoms with Gasteiger partial charge >= 0.3 is 0 Å². The van der Waals surface area contributed by atoms with Crippen LogP contribution in [0.5, 0.6) is 0 Å². The van der Waals surface area contributed by atoms with Crippen LogP contribution in [-0.2, 0) is 10.3 Å². The maximum atomic E-state index is 12.7. The number of ketones is 1. The van der Waals surface area contributed by atoms with Crippen molar-refractivity contribution in [2.45, 2.75) is 31.2 Å². The summed E-state index contributed by atoms with van der Waals surface area (Å²) in [6, 6.07) is 6.47. The first-order chi connectivity index (χ1) is 9.58. The van der Waals surface area contributed by atoms with Crippen molar-refractivity contribution < 1.29 is 11.6 Å². The molecular formula is C13H16ClNO. The summed E-state index contributed by atoms with van der Waals surface area (Å²) in [5.74, 6) is -0.773. The average molecular weight is 243 g/mol. The summed E-state index contributed by atoms with van der Waals surface area (Å²) in [4.78, 5) is 12.7. The van der Waals surface area contributed by atoms with Gasteiger partial charge in [-0.1, -0.05) is 36.2 Å². The number of Topliss-reactive ketones (excluding diaryl/α,β-unsaturated/α-hetero) is 1. The van der Waals surface area contributed by atoms with Crippen molar-refractivity contribution in [3.63, 3.8) is 0 Å². The van der Waals surface area contributed by atoms with Gasteiger partial charge in [0.2, 0.25) is 0 Å². The van der Waals surface area contributed by atoms with Crippen LogP contribution in [0.1, 0.15) is 38.1 Å². The van der Waals surface area contributed by atoms with Crippen LogP contribution < -0.4 is 5.32 Å². The lowest BCUT2D eigenvalue weighted by molar-refractivity contribution is -0.127. The van der Waals surface area contributed by atoms with E-state index in [0.29, 0.717) is 12.0 Å². The molecule has 0 aromatic heterocycles. The Bertz CT molecular complexity index is 560. The van der Waals surface area contributed by atoms with E-state index in [1.165, 1.54) is 0 Å². The predicted molar refractivity (Wildman–Crippen MR) is 65.7 cm³/mol. The number of hydrogen-bond donors (Lipinski definition) is 1. The molecule has 0 spiro atoms. The summed E-state index contributed by atoms with van der Waals surface area (Å²) in [6.07, 6.45) is -1.39. The third kappa shape index (κ3) is 1.76. The zero-order chi connectivity index (χ0) is 15.9. The number of benzene rings is 1. The van der Waals surface area contributed by atoms with E-state index in [4.69, 9.17) is 18.5 Å². The Hall–Kier alpha value is -0.860. The third-order valence-corrected chi connectivity index (χ3v) is 3.28. The number of halogens is 1. The molecule has 1 aromatic rings. The molecule has 1 N–H and O–H groups in total. The number of carbonyl (C=O) groups is 1. The van der Waals surface area contributed by atoms with Gasteiger partial charge in [-0.15, -0.1) is 0 Å². The smallest absolute Gasteiger partial charge is 0.157 e. The van der Waals surface area contributed by atoms with Gasteiger partial charge in [0.15, 0.2) is 5.78 Å². The average Bonchev–Trinajstić information content (AvgIpc) is 2.34. The molecule has 2 rings (SSSR count). The summed E-state index contributed by atoms with van der Waals surface area (Å²) in [5.41, 5.74) is -1.30. The van der Waals surface area contributed by atoms with Crippen molar-refractivity contribution in [2.24, 2.45) is 0 Å². The topological polar surface area (TPSA) is 29.1 Å². The van der Waals surface area contributed by atoms with Gasteiger partial charge in [-0.3, -0.25) is 4.79 Å². The molecule has 1 atom stereocenters. The number of hydrogen-bond acceptors (Lipinski definition) is 2. The molecule has 0 saturated heterocycles. The Morgan fingerprint density at radius 3 is 3.06 bits per heavy atom. The summed E-state index contributed by atoms with van der Waals surface area (Å²) in [6.45, 7) is -2.58. The van der Waals surface area contributed by atoms with Gasteiger partial charge in [-0.25, -0.2) is 0 Å². The molecule has 86 valence electrons. The van der Waals surface area contributed by atoms with Crippen LogP contribution in [0.4, 0.5) is 0 Å². The second-order valence-corrected chi connectivity index (χ2v) is 4.28. The van der Waals surface area contributed by atoms with E-state index in [9.17, 15) is 4.79 Å². The summed E-state index contributed by atoms with van der Waals surface area (Å²) >= 11 is 6.14. The Labute approximate surface area is 108 Å². The zero-order valence-electron chi connectivity index (χ0n) is 13.7. The fourth-order valence-corrected chi connectivity index (χ4v) is 2.37. The highest BCUT2D eigenvalue weighted by Crippen LogP contribution is 2.37. The minimum absolute atomic E-state index is 0.0840. The lowest BCUT2D eigenvalue weighted by Gasteiger charge is -2.36. The summed E-state index contributed by atoms with van der Waals surface area (Å²) < 4.78 is 38.0. The van der Waals surface area contributed by atoms with Gasteiger partial charge in [0.25, 0.3) is 0 Å². The van der Waals surface area contributed by atoms with Crippen LogP contribution in [0.25, 0.3) is 0 Å². The van der Waals surface area contributed by atoms with Gasteiger partial charge in [0.05, 0.1) is 0 Å². The minimum Gasteiger partial charge on any atom is -0.304 e. The van der Waals surface area contributed by atoms with Gasteiger partial charge in [-0.05, 0) is 31.4 Å². The van der Waals surface area contributed by atoms with Crippen LogP contribution in [0, 0.1) is 0 Å². The van der Waals surface area contributed by atoms with E-state index in [2.05, 4.69) is 5.32 Å². The fourth-order valence-electron chi connectivity index (χ4n) is 2.07. The van der Waals surface area contributed by atoms with Crippen LogP contribution in [0.2, 0.25) is 5.02 Å². The van der Waals surface area contributed by atoms with Crippen molar-refractivity contribution in [2.75, 3.05) is 6.98 Å². The lowest BCUT2D eigenvalue weighted by atomic mass is 9.75. The molecule has 3 heteroatoms. The standard InChI is InChI=1S/C13H16ClNO/c1-15-13(9-5-4-8-12(13)16)10-6-2-3-7-11(10)14/h2-3,6-7,15H,4-5,8-9H2,1H3/t13-/m1/s1/i1D3,8D2. The van der Waals surface area contributed by atoms with Gasteiger partial charge in [0, 0.05) is 18.2 Å². The zero-order valence-corrected chi connectivity index (χ0v) is 9.47. The first-order valence-electron chi connectivity index (χ1n) is 7.68. The molecular weight excluding hydrogens is 222 g/mol. The van der Waals surface area contributed by atoms with Crippen LogP contribution in [0.15, 0.2) is 24.3 Å². The maximum absolute atomic E-state index is 12.7. The molecule has 1 fully saturated rings. The Balaban J connectivity index is 2.60. The van der Waals surface area contributed by atoms with E-state index >= 15 is 0 Å². The number of likely N-dealkylation sites (N-methyl/N-ethyl adjacent to an activating group) is 1. The fraction of sp³-hybridized carbons (Fsp3) is 0.462. The highest BCUT2D eigenvalue weighted by atomic mass is 35.5. The highest BCUT2D eigenvalue weighted by Gasteiger charge is 2.40. The molecule has 1 saturated carbocycles. The van der Waals surface area contributed by atoms with Crippen LogP contribution >= 0.6 is 11.6 Å². The maximum Gasteiger partial charge on any atom is 0.157 e. The summed E-state index contributed by atoms with van der Waals surface area (Å²) in [5, 5.41) is 2.61. The van der Waals surface area contributed by atoms with Crippen LogP contribution in [0.3, 0.4) is 0 Å². The van der Waals surface area contributed by atoms with Gasteiger partial charge in [0.1, 0.15) is 5.54 Å². The van der Waals surface area contributed by atoms with Crippen molar-refractivity contribution >= 4 is 17.4 Å². The Morgan fingerprint density at radius 2 is 2.31 bits per heavy atom. The molecule has 0 amide bonds. The minimum atomic E-state index is -2.58. The molecule has 1 aliphatic rings. The Kier molecular flexibility index (Phi) is 1.93. The number of rotatable bonds is 2. The first-order valence-corrected chi connectivity index (χ1v) is 5.56. The molecule has 0 heterocycles. The van der Waals surface area contributed by atoms with E-state index < -0.39 is 24.7 Å². The van der Waals surface area contributed by atoms with E-state index in [0.717, 1.165) is 0 Å². The molecule has 16 heavy (non-hydrogen) atoms. The largest absolute Gasteiger partial charge is 0.304 e. The molecule has 1 aliphatic carbocycles. The SMILES string of the molecule is [2H]C([2H])([2H])N[C@@]1(c2ccccc2Cl)CCCC([2H])([2H])C1=O. The highest BCUT2D eigenvalue weighted by molar-refractivity contribution is 6.31. The van der Waals surface area contributed by atoms with Crippen molar-refractivity contribution in [1.29, 1.82) is 0 Å². The first kappa shape index (κ1) is 6.77. The van der Waals surface area contributed by atoms with E-state index in [-0.39, 0.29) is 17.9 Å². The normalized spacial score (nSPS) is 34.3. The molecule has 0 aliphatic heterocycles. The Morgan fingerprint density at radius 1 is 1.50 bits per heavy atom. The number of nitrogens with one attached hydrogen (secondary N) is 1. The summed E-state index contributed by atoms with van der Waals surface area (Å²) in [7, 11) is 0.